The fourth-order valence-corrected chi connectivity index (χ4v) is 7.33. The van der Waals surface area contributed by atoms with Crippen molar-refractivity contribution < 1.29 is 18.9 Å². The van der Waals surface area contributed by atoms with E-state index in [1.807, 2.05) is 0 Å². The third-order valence-corrected chi connectivity index (χ3v) is 9.85. The summed E-state index contributed by atoms with van der Waals surface area (Å²) in [5, 5.41) is 0.904. The number of rotatable bonds is 18. The maximum Gasteiger partial charge on any atom is 0.154 e. The minimum Gasteiger partial charge on any atom is -0.353 e. The molecule has 4 nitrogen and oxygen atoms in total. The van der Waals surface area contributed by atoms with Crippen LogP contribution in [-0.4, -0.2) is 58.0 Å². The monoisotopic (exact) mass is 378 g/mol. The molecule has 0 saturated heterocycles. The second-order valence-electron chi connectivity index (χ2n) is 6.60. The van der Waals surface area contributed by atoms with Crippen molar-refractivity contribution in [2.24, 2.45) is 0 Å². The normalized spacial score (nSPS) is 14.1. The van der Waals surface area contributed by atoms with Crippen molar-refractivity contribution in [3.05, 3.63) is 0 Å². The fraction of sp³-hybridized carbons (Fsp3) is 1.00. The average Bonchev–Trinajstić information content (AvgIpc) is 2.60. The zero-order valence-electron chi connectivity index (χ0n) is 16.9. The smallest absolute Gasteiger partial charge is 0.154 e. The molecule has 0 aliphatic carbocycles. The maximum absolute atomic E-state index is 5.85. The van der Waals surface area contributed by atoms with Crippen molar-refractivity contribution in [1.29, 1.82) is 0 Å². The highest BCUT2D eigenvalue weighted by Gasteiger charge is 2.15. The summed E-state index contributed by atoms with van der Waals surface area (Å²) in [6.45, 7) is 14.3. The summed E-state index contributed by atoms with van der Waals surface area (Å²) < 4.78 is 23.4. The maximum atomic E-state index is 5.85. The Morgan fingerprint density at radius 2 is 0.875 bits per heavy atom. The Morgan fingerprint density at radius 1 is 0.583 bits per heavy atom. The van der Waals surface area contributed by atoms with E-state index in [4.69, 9.17) is 18.9 Å². The molecule has 0 aromatic heterocycles. The summed E-state index contributed by atoms with van der Waals surface area (Å²) in [7, 11) is -0.297. The van der Waals surface area contributed by atoms with E-state index in [1.54, 1.807) is 0 Å². The Balaban J connectivity index is 4.05. The van der Waals surface area contributed by atoms with E-state index < -0.39 is 0 Å². The lowest BCUT2D eigenvalue weighted by Crippen LogP contribution is -2.25. The van der Waals surface area contributed by atoms with Crippen molar-refractivity contribution in [2.75, 3.05) is 26.4 Å². The van der Waals surface area contributed by atoms with Crippen LogP contribution in [0.4, 0.5) is 0 Å². The molecule has 0 unspecified atom stereocenters. The lowest BCUT2D eigenvalue weighted by molar-refractivity contribution is -0.130. The minimum atomic E-state index is -0.148. The highest BCUT2D eigenvalue weighted by atomic mass is 28.3. The van der Waals surface area contributed by atoms with Crippen LogP contribution in [0.15, 0.2) is 0 Å². The average molecular weight is 379 g/mol. The Labute approximate surface area is 155 Å². The third-order valence-electron chi connectivity index (χ3n) is 3.82. The van der Waals surface area contributed by atoms with E-state index in [-0.39, 0.29) is 31.6 Å². The molecule has 0 aromatic rings. The highest BCUT2D eigenvalue weighted by molar-refractivity contribution is 6.58. The molecule has 0 aromatic carbocycles. The molecule has 0 spiro atoms. The van der Waals surface area contributed by atoms with Gasteiger partial charge in [-0.2, -0.15) is 0 Å². The Kier molecular flexibility index (Phi) is 18.3. The SMILES string of the molecule is CCCOC(C[SiH2]C(C)[SiH2]CC(OCCC)OCCC)OCCC. The van der Waals surface area contributed by atoms with E-state index in [9.17, 15) is 0 Å². The van der Waals surface area contributed by atoms with Crippen molar-refractivity contribution in [1.82, 2.24) is 0 Å². The van der Waals surface area contributed by atoms with E-state index in [0.717, 1.165) is 69.4 Å². The van der Waals surface area contributed by atoms with Gasteiger partial charge in [-0.25, -0.2) is 0 Å². The molecular weight excluding hydrogens is 336 g/mol. The van der Waals surface area contributed by atoms with Gasteiger partial charge in [-0.15, -0.1) is 0 Å². The van der Waals surface area contributed by atoms with Crippen LogP contribution < -0.4 is 0 Å². The molecule has 146 valence electrons. The lowest BCUT2D eigenvalue weighted by atomic mass is 10.5. The molecule has 24 heavy (non-hydrogen) atoms. The summed E-state index contributed by atoms with van der Waals surface area (Å²) in [4.78, 5) is 0. The first kappa shape index (κ1) is 24.3. The van der Waals surface area contributed by atoms with Crippen LogP contribution in [0, 0.1) is 0 Å². The van der Waals surface area contributed by atoms with Gasteiger partial charge in [0.1, 0.15) is 0 Å². The first-order valence-corrected chi connectivity index (χ1v) is 13.8. The summed E-state index contributed by atoms with van der Waals surface area (Å²) in [6, 6.07) is 2.29. The van der Waals surface area contributed by atoms with Crippen LogP contribution in [0.5, 0.6) is 0 Å². The van der Waals surface area contributed by atoms with E-state index >= 15 is 0 Å². The summed E-state index contributed by atoms with van der Waals surface area (Å²) >= 11 is 0. The van der Waals surface area contributed by atoms with E-state index in [1.165, 1.54) is 0 Å². The molecule has 0 atom stereocenters. The van der Waals surface area contributed by atoms with Gasteiger partial charge in [0.25, 0.3) is 0 Å². The third kappa shape index (κ3) is 14.6. The molecule has 0 aliphatic heterocycles. The molecule has 0 fully saturated rings. The van der Waals surface area contributed by atoms with Gasteiger partial charge in [0, 0.05) is 45.5 Å². The molecular formula is C18H42O4Si2. The standard InChI is InChI=1S/C18H42O4Si2/c1-6-10-19-17(20-11-7-2)14-23-16(5)24-15-18(21-12-8-3)22-13-9-4/h16-18H,6-15,23-24H2,1-5H3. The quantitative estimate of drug-likeness (QED) is 0.271. The van der Waals surface area contributed by atoms with Crippen molar-refractivity contribution in [3.63, 3.8) is 0 Å². The van der Waals surface area contributed by atoms with Gasteiger partial charge in [0.05, 0.1) is 0 Å². The molecule has 0 bridgehead atoms. The Morgan fingerprint density at radius 3 is 1.12 bits per heavy atom. The molecule has 0 radical (unpaired) electrons. The van der Waals surface area contributed by atoms with Crippen molar-refractivity contribution in [2.45, 2.75) is 90.1 Å². The van der Waals surface area contributed by atoms with Gasteiger partial charge >= 0.3 is 0 Å². The Bertz CT molecular complexity index is 217. The lowest BCUT2D eigenvalue weighted by Gasteiger charge is -2.22. The second kappa shape index (κ2) is 18.1. The van der Waals surface area contributed by atoms with Gasteiger partial charge in [-0.05, 0) is 37.8 Å². The van der Waals surface area contributed by atoms with Crippen LogP contribution in [0.3, 0.4) is 0 Å². The first-order chi connectivity index (χ1) is 11.7. The first-order valence-electron chi connectivity index (χ1n) is 10.1. The minimum absolute atomic E-state index is 0.0384. The van der Waals surface area contributed by atoms with E-state index in [0.29, 0.717) is 0 Å². The van der Waals surface area contributed by atoms with Crippen LogP contribution in [0.1, 0.15) is 60.3 Å². The van der Waals surface area contributed by atoms with Gasteiger partial charge in [0.2, 0.25) is 0 Å². The predicted molar refractivity (Wildman–Crippen MR) is 109 cm³/mol. The molecule has 0 rings (SSSR count). The molecule has 0 saturated carbocycles. The fourth-order valence-electron chi connectivity index (χ4n) is 2.41. The van der Waals surface area contributed by atoms with Gasteiger partial charge in [-0.3, -0.25) is 0 Å². The highest BCUT2D eigenvalue weighted by Crippen LogP contribution is 2.13. The van der Waals surface area contributed by atoms with Crippen LogP contribution >= 0.6 is 0 Å². The Hall–Kier alpha value is 0.274. The molecule has 0 amide bonds. The molecule has 6 heteroatoms. The van der Waals surface area contributed by atoms with Gasteiger partial charge in [-0.1, -0.05) is 39.8 Å². The topological polar surface area (TPSA) is 36.9 Å². The number of hydrogen-bond donors (Lipinski definition) is 0. The predicted octanol–water partition coefficient (Wildman–Crippen LogP) is 3.29. The zero-order valence-corrected chi connectivity index (χ0v) is 19.7. The summed E-state index contributed by atoms with van der Waals surface area (Å²) in [6.07, 6.45) is 4.31. The molecule has 0 N–H and O–H groups in total. The van der Waals surface area contributed by atoms with Gasteiger partial charge < -0.3 is 18.9 Å². The molecule has 0 heterocycles. The van der Waals surface area contributed by atoms with Crippen LogP contribution in [0.25, 0.3) is 0 Å². The van der Waals surface area contributed by atoms with Crippen LogP contribution in [0.2, 0.25) is 17.3 Å². The summed E-state index contributed by atoms with van der Waals surface area (Å²) in [5.41, 5.74) is 0. The number of hydrogen-bond acceptors (Lipinski definition) is 4. The van der Waals surface area contributed by atoms with E-state index in [2.05, 4.69) is 34.6 Å². The van der Waals surface area contributed by atoms with Crippen molar-refractivity contribution in [3.8, 4) is 0 Å². The van der Waals surface area contributed by atoms with Crippen molar-refractivity contribution >= 4 is 19.0 Å². The van der Waals surface area contributed by atoms with Gasteiger partial charge in [0.15, 0.2) is 12.6 Å². The van der Waals surface area contributed by atoms with Crippen LogP contribution in [-0.2, 0) is 18.9 Å². The summed E-state index contributed by atoms with van der Waals surface area (Å²) in [5.74, 6) is 0. The molecule has 0 aliphatic rings. The number of ether oxygens (including phenoxy) is 4. The second-order valence-corrected chi connectivity index (χ2v) is 12.9. The zero-order chi connectivity index (χ0) is 18.0. The largest absolute Gasteiger partial charge is 0.353 e.